The van der Waals surface area contributed by atoms with Crippen LogP contribution in [0.25, 0.3) is 11.3 Å². The molecule has 0 radical (unpaired) electrons. The SMILES string of the molecule is CCCCC[C@@H](NCc1ccccc1)c1ncc(-c2ccccc2)[nH]1. The van der Waals surface area contributed by atoms with E-state index in [-0.39, 0.29) is 6.04 Å². The number of aromatic nitrogens is 2. The highest BCUT2D eigenvalue weighted by molar-refractivity contribution is 5.58. The van der Waals surface area contributed by atoms with Crippen LogP contribution in [0.3, 0.4) is 0 Å². The third-order valence-corrected chi connectivity index (χ3v) is 4.50. The molecule has 3 aromatic rings. The number of nitrogens with one attached hydrogen (secondary N) is 2. The summed E-state index contributed by atoms with van der Waals surface area (Å²) in [6.45, 7) is 3.10. The Kier molecular flexibility index (Phi) is 6.41. The molecule has 3 heteroatoms. The second-order valence-corrected chi connectivity index (χ2v) is 6.46. The van der Waals surface area contributed by atoms with Crippen LogP contribution in [-0.4, -0.2) is 9.97 Å². The first-order valence-corrected chi connectivity index (χ1v) is 9.24. The van der Waals surface area contributed by atoms with E-state index in [4.69, 9.17) is 0 Å². The summed E-state index contributed by atoms with van der Waals surface area (Å²) in [5, 5.41) is 3.68. The van der Waals surface area contributed by atoms with Gasteiger partial charge in [0.05, 0.1) is 17.9 Å². The maximum absolute atomic E-state index is 4.67. The van der Waals surface area contributed by atoms with Gasteiger partial charge in [0.2, 0.25) is 0 Å². The molecule has 3 rings (SSSR count). The van der Waals surface area contributed by atoms with E-state index < -0.39 is 0 Å². The van der Waals surface area contributed by atoms with E-state index in [2.05, 4.69) is 76.8 Å². The van der Waals surface area contributed by atoms with Crippen LogP contribution in [0.1, 0.15) is 50.0 Å². The van der Waals surface area contributed by atoms with Crippen molar-refractivity contribution in [2.75, 3.05) is 0 Å². The van der Waals surface area contributed by atoms with Crippen LogP contribution in [0.4, 0.5) is 0 Å². The Balaban J connectivity index is 1.71. The quantitative estimate of drug-likeness (QED) is 0.508. The Morgan fingerprint density at radius 1 is 0.960 bits per heavy atom. The standard InChI is InChI=1S/C22H27N3/c1-2-3-6-15-20(23-16-18-11-7-4-8-12-18)22-24-17-21(25-22)19-13-9-5-10-14-19/h4-5,7-14,17,20,23H,2-3,6,15-16H2,1H3,(H,24,25)/t20-/m1/s1. The fourth-order valence-electron chi connectivity index (χ4n) is 3.05. The first kappa shape index (κ1) is 17.4. The van der Waals surface area contributed by atoms with Gasteiger partial charge in [-0.1, -0.05) is 86.8 Å². The number of imidazole rings is 1. The molecule has 130 valence electrons. The summed E-state index contributed by atoms with van der Waals surface area (Å²) in [6.07, 6.45) is 6.75. The maximum atomic E-state index is 4.67. The van der Waals surface area contributed by atoms with Gasteiger partial charge in [-0.25, -0.2) is 4.98 Å². The van der Waals surface area contributed by atoms with E-state index >= 15 is 0 Å². The molecule has 25 heavy (non-hydrogen) atoms. The van der Waals surface area contributed by atoms with Crippen molar-refractivity contribution in [3.63, 3.8) is 0 Å². The molecule has 0 saturated heterocycles. The molecule has 0 aliphatic rings. The monoisotopic (exact) mass is 333 g/mol. The summed E-state index contributed by atoms with van der Waals surface area (Å²) in [4.78, 5) is 8.19. The molecule has 0 fully saturated rings. The lowest BCUT2D eigenvalue weighted by atomic mass is 10.1. The molecule has 3 nitrogen and oxygen atoms in total. The van der Waals surface area contributed by atoms with Gasteiger partial charge in [0.15, 0.2) is 0 Å². The number of benzene rings is 2. The number of rotatable bonds is 9. The molecule has 1 atom stereocenters. The van der Waals surface area contributed by atoms with Crippen molar-refractivity contribution in [2.45, 2.75) is 45.2 Å². The van der Waals surface area contributed by atoms with E-state index in [1.165, 1.54) is 30.4 Å². The molecular formula is C22H27N3. The van der Waals surface area contributed by atoms with Gasteiger partial charge in [-0.05, 0) is 17.5 Å². The molecule has 0 saturated carbocycles. The average molecular weight is 333 g/mol. The van der Waals surface area contributed by atoms with Crippen LogP contribution < -0.4 is 5.32 Å². The van der Waals surface area contributed by atoms with Crippen molar-refractivity contribution in [2.24, 2.45) is 0 Å². The highest BCUT2D eigenvalue weighted by Crippen LogP contribution is 2.22. The molecule has 0 amide bonds. The zero-order valence-electron chi connectivity index (χ0n) is 14.9. The fourth-order valence-corrected chi connectivity index (χ4v) is 3.05. The third kappa shape index (κ3) is 5.04. The van der Waals surface area contributed by atoms with Crippen molar-refractivity contribution < 1.29 is 0 Å². The molecule has 2 N–H and O–H groups in total. The van der Waals surface area contributed by atoms with Gasteiger partial charge in [-0.15, -0.1) is 0 Å². The number of hydrogen-bond donors (Lipinski definition) is 2. The smallest absolute Gasteiger partial charge is 0.123 e. The van der Waals surface area contributed by atoms with Crippen molar-refractivity contribution in [3.05, 3.63) is 78.2 Å². The second-order valence-electron chi connectivity index (χ2n) is 6.46. The summed E-state index contributed by atoms with van der Waals surface area (Å²) < 4.78 is 0. The third-order valence-electron chi connectivity index (χ3n) is 4.50. The summed E-state index contributed by atoms with van der Waals surface area (Å²) in [5.41, 5.74) is 3.56. The van der Waals surface area contributed by atoms with Crippen molar-refractivity contribution in [3.8, 4) is 11.3 Å². The van der Waals surface area contributed by atoms with Crippen LogP contribution in [-0.2, 0) is 6.54 Å². The summed E-state index contributed by atoms with van der Waals surface area (Å²) in [6, 6.07) is 21.2. The predicted molar refractivity (Wildman–Crippen MR) is 104 cm³/mol. The van der Waals surface area contributed by atoms with Gasteiger partial charge in [0.25, 0.3) is 0 Å². The van der Waals surface area contributed by atoms with E-state index in [0.29, 0.717) is 0 Å². The van der Waals surface area contributed by atoms with Gasteiger partial charge >= 0.3 is 0 Å². The van der Waals surface area contributed by atoms with Crippen molar-refractivity contribution in [1.29, 1.82) is 0 Å². The van der Waals surface area contributed by atoms with E-state index in [1.807, 2.05) is 12.3 Å². The first-order valence-electron chi connectivity index (χ1n) is 9.24. The maximum Gasteiger partial charge on any atom is 0.123 e. The number of hydrogen-bond acceptors (Lipinski definition) is 2. The van der Waals surface area contributed by atoms with Crippen LogP contribution in [0.15, 0.2) is 66.9 Å². The van der Waals surface area contributed by atoms with Gasteiger partial charge in [0.1, 0.15) is 5.82 Å². The molecule has 1 aromatic heterocycles. The highest BCUT2D eigenvalue weighted by Gasteiger charge is 2.15. The summed E-state index contributed by atoms with van der Waals surface area (Å²) in [5.74, 6) is 1.03. The lowest BCUT2D eigenvalue weighted by Crippen LogP contribution is -2.22. The number of nitrogens with zero attached hydrogens (tertiary/aromatic N) is 1. The Hall–Kier alpha value is -2.39. The molecule has 0 bridgehead atoms. The first-order chi connectivity index (χ1) is 12.4. The molecule has 0 unspecified atom stereocenters. The molecule has 1 heterocycles. The van der Waals surface area contributed by atoms with Crippen molar-refractivity contribution >= 4 is 0 Å². The van der Waals surface area contributed by atoms with Crippen LogP contribution >= 0.6 is 0 Å². The normalized spacial score (nSPS) is 12.2. The summed E-state index contributed by atoms with van der Waals surface area (Å²) in [7, 11) is 0. The topological polar surface area (TPSA) is 40.7 Å². The average Bonchev–Trinajstić information content (AvgIpc) is 3.16. The number of unbranched alkanes of at least 4 members (excludes halogenated alkanes) is 2. The van der Waals surface area contributed by atoms with E-state index in [9.17, 15) is 0 Å². The molecule has 0 aliphatic carbocycles. The summed E-state index contributed by atoms with van der Waals surface area (Å²) >= 11 is 0. The van der Waals surface area contributed by atoms with Gasteiger partial charge < -0.3 is 10.3 Å². The Labute approximate surface area is 150 Å². The Morgan fingerprint density at radius 2 is 1.68 bits per heavy atom. The highest BCUT2D eigenvalue weighted by atomic mass is 15.0. The Morgan fingerprint density at radius 3 is 2.40 bits per heavy atom. The fraction of sp³-hybridized carbons (Fsp3) is 0.318. The van der Waals surface area contributed by atoms with Crippen LogP contribution in [0, 0.1) is 0 Å². The minimum Gasteiger partial charge on any atom is -0.341 e. The van der Waals surface area contributed by atoms with Gasteiger partial charge in [-0.3, -0.25) is 0 Å². The minimum absolute atomic E-state index is 0.254. The number of aromatic amines is 1. The second kappa shape index (κ2) is 9.19. The lowest BCUT2D eigenvalue weighted by Gasteiger charge is -2.17. The molecular weight excluding hydrogens is 306 g/mol. The van der Waals surface area contributed by atoms with E-state index in [0.717, 1.165) is 24.5 Å². The minimum atomic E-state index is 0.254. The molecule has 0 spiro atoms. The number of H-pyrrole nitrogens is 1. The van der Waals surface area contributed by atoms with Crippen LogP contribution in [0.5, 0.6) is 0 Å². The predicted octanol–water partition coefficient (Wildman–Crippen LogP) is 5.49. The zero-order chi connectivity index (χ0) is 17.3. The van der Waals surface area contributed by atoms with E-state index in [1.54, 1.807) is 0 Å². The van der Waals surface area contributed by atoms with Crippen LogP contribution in [0.2, 0.25) is 0 Å². The largest absolute Gasteiger partial charge is 0.341 e. The molecule has 2 aromatic carbocycles. The Bertz CT molecular complexity index is 734. The van der Waals surface area contributed by atoms with Gasteiger partial charge in [-0.2, -0.15) is 0 Å². The van der Waals surface area contributed by atoms with Crippen molar-refractivity contribution in [1.82, 2.24) is 15.3 Å². The lowest BCUT2D eigenvalue weighted by molar-refractivity contribution is 0.457. The van der Waals surface area contributed by atoms with Gasteiger partial charge in [0, 0.05) is 6.54 Å². The zero-order valence-corrected chi connectivity index (χ0v) is 14.9. The molecule has 0 aliphatic heterocycles.